The summed E-state index contributed by atoms with van der Waals surface area (Å²) < 4.78 is 16.5. The molecule has 57 heavy (non-hydrogen) atoms. The maximum absolute atomic E-state index is 12.7. The molecule has 0 bridgehead atoms. The summed E-state index contributed by atoms with van der Waals surface area (Å²) in [6.07, 6.45) is 59.7. The zero-order valence-electron chi connectivity index (χ0n) is 36.3. The molecule has 1 unspecified atom stereocenters. The minimum Gasteiger partial charge on any atom is -0.462 e. The van der Waals surface area contributed by atoms with Crippen LogP contribution in [0.4, 0.5) is 0 Å². The Balaban J connectivity index is 4.55. The van der Waals surface area contributed by atoms with Crippen molar-refractivity contribution in [3.05, 3.63) is 109 Å². The Bertz CT molecular complexity index is 1230. The van der Waals surface area contributed by atoms with Gasteiger partial charge in [-0.1, -0.05) is 182 Å². The van der Waals surface area contributed by atoms with E-state index in [9.17, 15) is 14.4 Å². The largest absolute Gasteiger partial charge is 0.462 e. The molecule has 0 aliphatic heterocycles. The third-order valence-electron chi connectivity index (χ3n) is 8.84. The highest BCUT2D eigenvalue weighted by Crippen LogP contribution is 2.11. The van der Waals surface area contributed by atoms with Crippen LogP contribution in [0.1, 0.15) is 175 Å². The van der Waals surface area contributed by atoms with Crippen molar-refractivity contribution in [1.29, 1.82) is 0 Å². The number of allylic oxidation sites excluding steroid dienone is 17. The van der Waals surface area contributed by atoms with Gasteiger partial charge in [0, 0.05) is 12.8 Å². The summed E-state index contributed by atoms with van der Waals surface area (Å²) in [6, 6.07) is 0. The average Bonchev–Trinajstić information content (AvgIpc) is 3.21. The summed E-state index contributed by atoms with van der Waals surface area (Å²) in [6.45, 7) is 6.18. The van der Waals surface area contributed by atoms with Gasteiger partial charge in [-0.2, -0.15) is 0 Å². The van der Waals surface area contributed by atoms with Crippen LogP contribution in [0.25, 0.3) is 0 Å². The first kappa shape index (κ1) is 53.1. The van der Waals surface area contributed by atoms with Gasteiger partial charge in [-0.3, -0.25) is 14.4 Å². The van der Waals surface area contributed by atoms with Gasteiger partial charge in [-0.25, -0.2) is 0 Å². The van der Waals surface area contributed by atoms with Crippen LogP contribution in [0.15, 0.2) is 109 Å². The van der Waals surface area contributed by atoms with Crippen LogP contribution in [-0.4, -0.2) is 37.2 Å². The summed E-state index contributed by atoms with van der Waals surface area (Å²) >= 11 is 0. The maximum atomic E-state index is 12.7. The van der Waals surface area contributed by atoms with E-state index in [1.54, 1.807) is 6.08 Å². The van der Waals surface area contributed by atoms with Gasteiger partial charge in [-0.05, 0) is 83.5 Å². The summed E-state index contributed by atoms with van der Waals surface area (Å²) in [5.41, 5.74) is 0. The smallest absolute Gasteiger partial charge is 0.309 e. The fraction of sp³-hybridized carbons (Fsp3) is 0.588. The Hall–Kier alpha value is -3.93. The lowest BCUT2D eigenvalue weighted by Crippen LogP contribution is -2.30. The first-order chi connectivity index (χ1) is 28.0. The van der Waals surface area contributed by atoms with Gasteiger partial charge in [0.15, 0.2) is 6.10 Å². The number of carbonyl (C=O) groups is 3. The number of ether oxygens (including phenoxy) is 3. The SMILES string of the molecule is CC\C=C/C=C\C=C/CCCCCCCC(=O)OC(COC(=O)C/C=C\C/C=C\C/C=C\CC)COC(=O)CCC/C=C\C/C=C\C/C=C\CCCCCCCC. The van der Waals surface area contributed by atoms with E-state index in [2.05, 4.69) is 112 Å². The van der Waals surface area contributed by atoms with Gasteiger partial charge in [0.25, 0.3) is 0 Å². The molecular weight excluding hydrogens is 709 g/mol. The first-order valence-corrected chi connectivity index (χ1v) is 22.4. The van der Waals surface area contributed by atoms with Crippen molar-refractivity contribution >= 4 is 17.9 Å². The molecule has 0 aliphatic rings. The van der Waals surface area contributed by atoms with Crippen LogP contribution >= 0.6 is 0 Å². The predicted octanol–water partition coefficient (Wildman–Crippen LogP) is 14.4. The molecule has 0 amide bonds. The normalized spacial score (nSPS) is 13.1. The minimum atomic E-state index is -0.844. The van der Waals surface area contributed by atoms with Gasteiger partial charge in [0.1, 0.15) is 13.2 Å². The van der Waals surface area contributed by atoms with Crippen molar-refractivity contribution in [2.45, 2.75) is 181 Å². The summed E-state index contributed by atoms with van der Waals surface area (Å²) in [5.74, 6) is -1.15. The molecule has 0 aromatic heterocycles. The van der Waals surface area contributed by atoms with E-state index in [1.807, 2.05) is 12.2 Å². The standard InChI is InChI=1S/C51H80O6/c1-4-7-10-13-16-19-21-23-24-25-26-28-29-32-35-38-41-44-50(53)56-47-48(46-55-49(52)43-40-37-34-31-18-15-12-9-6-3)57-51(54)45-42-39-36-33-30-27-22-20-17-14-11-8-5-2/h8-9,11-12,14,17-18,20,22-24,26,28,31-32,35,37,40,48H,4-7,10,13,15-16,19,21,25,27,29-30,33-34,36,38-39,41-47H2,1-3H3/b11-8-,12-9-,17-14-,22-20-,24-23-,28-26-,31-18-,35-32-,40-37-. The molecule has 6 heteroatoms. The number of hydrogen-bond donors (Lipinski definition) is 0. The number of carbonyl (C=O) groups excluding carboxylic acids is 3. The maximum Gasteiger partial charge on any atom is 0.309 e. The molecule has 0 saturated carbocycles. The van der Waals surface area contributed by atoms with Crippen molar-refractivity contribution < 1.29 is 28.6 Å². The molecule has 0 aromatic carbocycles. The Labute approximate surface area is 349 Å². The van der Waals surface area contributed by atoms with Gasteiger partial charge >= 0.3 is 17.9 Å². The van der Waals surface area contributed by atoms with Crippen LogP contribution in [-0.2, 0) is 28.6 Å². The molecular formula is C51H80O6. The van der Waals surface area contributed by atoms with E-state index in [4.69, 9.17) is 14.2 Å². The van der Waals surface area contributed by atoms with Gasteiger partial charge < -0.3 is 14.2 Å². The van der Waals surface area contributed by atoms with Crippen LogP contribution in [0, 0.1) is 0 Å². The third kappa shape index (κ3) is 43.0. The van der Waals surface area contributed by atoms with Crippen LogP contribution in [0.5, 0.6) is 0 Å². The number of rotatable bonds is 38. The molecule has 1 atom stereocenters. The molecule has 0 spiro atoms. The highest BCUT2D eigenvalue weighted by molar-refractivity contribution is 5.72. The van der Waals surface area contributed by atoms with Gasteiger partial charge in [0.2, 0.25) is 0 Å². The molecule has 0 rings (SSSR count). The molecule has 0 heterocycles. The van der Waals surface area contributed by atoms with Crippen molar-refractivity contribution in [3.63, 3.8) is 0 Å². The Morgan fingerprint density at radius 3 is 1.47 bits per heavy atom. The summed E-state index contributed by atoms with van der Waals surface area (Å²) in [7, 11) is 0. The van der Waals surface area contributed by atoms with E-state index in [-0.39, 0.29) is 44.4 Å². The van der Waals surface area contributed by atoms with Crippen LogP contribution in [0.2, 0.25) is 0 Å². The van der Waals surface area contributed by atoms with Crippen molar-refractivity contribution in [2.24, 2.45) is 0 Å². The van der Waals surface area contributed by atoms with Crippen molar-refractivity contribution in [1.82, 2.24) is 0 Å². The lowest BCUT2D eigenvalue weighted by molar-refractivity contribution is -0.166. The average molecular weight is 789 g/mol. The van der Waals surface area contributed by atoms with E-state index < -0.39 is 12.1 Å². The van der Waals surface area contributed by atoms with Crippen molar-refractivity contribution in [3.8, 4) is 0 Å². The van der Waals surface area contributed by atoms with E-state index in [0.29, 0.717) is 6.42 Å². The highest BCUT2D eigenvalue weighted by Gasteiger charge is 2.19. The van der Waals surface area contributed by atoms with E-state index in [0.717, 1.165) is 83.5 Å². The zero-order chi connectivity index (χ0) is 41.5. The minimum absolute atomic E-state index is 0.118. The second kappa shape index (κ2) is 44.8. The monoisotopic (exact) mass is 789 g/mol. The quantitative estimate of drug-likeness (QED) is 0.0204. The molecule has 0 aromatic rings. The Morgan fingerprint density at radius 2 is 0.860 bits per heavy atom. The van der Waals surface area contributed by atoms with E-state index in [1.165, 1.54) is 44.9 Å². The van der Waals surface area contributed by atoms with Gasteiger partial charge in [-0.15, -0.1) is 0 Å². The third-order valence-corrected chi connectivity index (χ3v) is 8.84. The predicted molar refractivity (Wildman–Crippen MR) is 242 cm³/mol. The van der Waals surface area contributed by atoms with Crippen molar-refractivity contribution in [2.75, 3.05) is 13.2 Å². The topological polar surface area (TPSA) is 78.9 Å². The number of esters is 3. The molecule has 0 aliphatic carbocycles. The fourth-order valence-electron chi connectivity index (χ4n) is 5.52. The number of hydrogen-bond acceptors (Lipinski definition) is 6. The molecule has 0 saturated heterocycles. The molecule has 6 nitrogen and oxygen atoms in total. The number of unbranched alkanes of at least 4 members (excludes halogenated alkanes) is 12. The van der Waals surface area contributed by atoms with E-state index >= 15 is 0 Å². The second-order valence-electron chi connectivity index (χ2n) is 14.3. The van der Waals surface area contributed by atoms with Gasteiger partial charge in [0.05, 0.1) is 6.42 Å². The molecule has 0 N–H and O–H groups in total. The summed E-state index contributed by atoms with van der Waals surface area (Å²) in [5, 5.41) is 0. The van der Waals surface area contributed by atoms with Crippen LogP contribution < -0.4 is 0 Å². The first-order valence-electron chi connectivity index (χ1n) is 22.4. The molecule has 0 fully saturated rings. The molecule has 0 radical (unpaired) electrons. The fourth-order valence-corrected chi connectivity index (χ4v) is 5.52. The van der Waals surface area contributed by atoms with Crippen LogP contribution in [0.3, 0.4) is 0 Å². The summed E-state index contributed by atoms with van der Waals surface area (Å²) in [4.78, 5) is 37.6. The Kier molecular flexibility index (Phi) is 41.7. The zero-order valence-corrected chi connectivity index (χ0v) is 36.3. The molecule has 320 valence electrons. The Morgan fingerprint density at radius 1 is 0.404 bits per heavy atom. The lowest BCUT2D eigenvalue weighted by Gasteiger charge is -2.18. The second-order valence-corrected chi connectivity index (χ2v) is 14.3. The lowest BCUT2D eigenvalue weighted by atomic mass is 10.1. The highest BCUT2D eigenvalue weighted by atomic mass is 16.6.